The lowest BCUT2D eigenvalue weighted by Gasteiger charge is -2.19. The van der Waals surface area contributed by atoms with E-state index in [9.17, 15) is 10.2 Å². The number of methoxy groups -OCH3 is 2. The van der Waals surface area contributed by atoms with Crippen LogP contribution in [0.5, 0.6) is 34.8 Å². The van der Waals surface area contributed by atoms with Gasteiger partial charge in [-0.15, -0.1) is 0 Å². The van der Waals surface area contributed by atoms with Crippen molar-refractivity contribution in [1.29, 1.82) is 0 Å². The van der Waals surface area contributed by atoms with Crippen LogP contribution in [0.4, 0.5) is 0 Å². The molecular weight excluding hydrogens is 392 g/mol. The molecule has 2 N–H and O–H groups in total. The van der Waals surface area contributed by atoms with Crippen molar-refractivity contribution in [2.75, 3.05) is 27.4 Å². The maximum atomic E-state index is 11.0. The molecule has 4 aromatic rings. The van der Waals surface area contributed by atoms with Crippen LogP contribution < -0.4 is 18.9 Å². The number of aromatic hydroxyl groups is 2. The maximum Gasteiger partial charge on any atom is 0.246 e. The van der Waals surface area contributed by atoms with Gasteiger partial charge in [-0.1, -0.05) is 5.16 Å². The lowest BCUT2D eigenvalue weighted by Crippen LogP contribution is -2.15. The molecule has 2 aromatic carbocycles. The van der Waals surface area contributed by atoms with Crippen molar-refractivity contribution in [3.63, 3.8) is 0 Å². The molecule has 2 aromatic heterocycles. The van der Waals surface area contributed by atoms with E-state index in [0.29, 0.717) is 53.2 Å². The predicted molar refractivity (Wildman–Crippen MR) is 106 cm³/mol. The summed E-state index contributed by atoms with van der Waals surface area (Å²) in [5, 5.41) is 26.0. The first-order valence-electron chi connectivity index (χ1n) is 9.16. The molecule has 0 bridgehead atoms. The molecule has 1 aliphatic heterocycles. The van der Waals surface area contributed by atoms with Gasteiger partial charge in [0.15, 0.2) is 23.0 Å². The molecule has 0 unspecified atom stereocenters. The van der Waals surface area contributed by atoms with E-state index in [4.69, 9.17) is 23.5 Å². The summed E-state index contributed by atoms with van der Waals surface area (Å²) in [6.07, 6.45) is 0. The largest absolute Gasteiger partial charge is 0.494 e. The fourth-order valence-corrected chi connectivity index (χ4v) is 3.56. The van der Waals surface area contributed by atoms with Gasteiger partial charge in [0.05, 0.1) is 19.9 Å². The van der Waals surface area contributed by atoms with Crippen molar-refractivity contribution in [2.24, 2.45) is 0 Å². The van der Waals surface area contributed by atoms with Crippen LogP contribution in [-0.2, 0) is 0 Å². The van der Waals surface area contributed by atoms with Crippen molar-refractivity contribution in [3.8, 4) is 51.7 Å². The first-order chi connectivity index (χ1) is 14.6. The van der Waals surface area contributed by atoms with Gasteiger partial charge in [0.1, 0.15) is 24.3 Å². The molecule has 9 heteroatoms. The average Bonchev–Trinajstić information content (AvgIpc) is 3.33. The van der Waals surface area contributed by atoms with Crippen molar-refractivity contribution >= 4 is 11.0 Å². The molecule has 1 aliphatic rings. The van der Waals surface area contributed by atoms with E-state index >= 15 is 0 Å². The van der Waals surface area contributed by atoms with Crippen LogP contribution >= 0.6 is 0 Å². The minimum atomic E-state index is -0.279. The Morgan fingerprint density at radius 2 is 1.67 bits per heavy atom. The third-order valence-corrected chi connectivity index (χ3v) is 4.98. The van der Waals surface area contributed by atoms with Crippen LogP contribution in [0.2, 0.25) is 0 Å². The number of aromatic nitrogens is 2. The molecule has 154 valence electrons. The molecule has 30 heavy (non-hydrogen) atoms. The van der Waals surface area contributed by atoms with Crippen LogP contribution in [0.25, 0.3) is 27.9 Å². The Morgan fingerprint density at radius 3 is 2.43 bits per heavy atom. The summed E-state index contributed by atoms with van der Waals surface area (Å²) in [7, 11) is 3.07. The second-order valence-electron chi connectivity index (χ2n) is 6.62. The Morgan fingerprint density at radius 1 is 0.900 bits per heavy atom. The molecule has 0 saturated heterocycles. The molecule has 3 heterocycles. The van der Waals surface area contributed by atoms with Gasteiger partial charge in [0.25, 0.3) is 0 Å². The van der Waals surface area contributed by atoms with Gasteiger partial charge >= 0.3 is 0 Å². The highest BCUT2D eigenvalue weighted by atomic mass is 16.6. The van der Waals surface area contributed by atoms with E-state index in [1.165, 1.54) is 11.7 Å². The molecule has 0 aliphatic carbocycles. The lowest BCUT2D eigenvalue weighted by atomic mass is 10.1. The van der Waals surface area contributed by atoms with Gasteiger partial charge in [0.2, 0.25) is 17.3 Å². The molecule has 0 spiro atoms. The van der Waals surface area contributed by atoms with E-state index in [-0.39, 0.29) is 22.7 Å². The zero-order valence-corrected chi connectivity index (χ0v) is 16.2. The summed E-state index contributed by atoms with van der Waals surface area (Å²) >= 11 is 0. The van der Waals surface area contributed by atoms with Crippen molar-refractivity contribution in [3.05, 3.63) is 36.4 Å². The third kappa shape index (κ3) is 2.59. The molecule has 0 amide bonds. The summed E-state index contributed by atoms with van der Waals surface area (Å²) in [6, 6.07) is 10.3. The molecule has 0 atom stereocenters. The zero-order chi connectivity index (χ0) is 20.8. The SMILES string of the molecule is COc1ccc(-c2noc3c(O)n(-c4ccc5c(c4)OCCO5)c(O)c23)cc1OC. The predicted octanol–water partition coefficient (Wildman–Crippen LogP) is 3.49. The van der Waals surface area contributed by atoms with E-state index in [2.05, 4.69) is 5.16 Å². The van der Waals surface area contributed by atoms with E-state index in [1.807, 2.05) is 0 Å². The first kappa shape index (κ1) is 18.0. The van der Waals surface area contributed by atoms with Gasteiger partial charge in [-0.05, 0) is 30.3 Å². The van der Waals surface area contributed by atoms with Crippen molar-refractivity contribution in [2.45, 2.75) is 0 Å². The molecular formula is C21H18N2O7. The first-order valence-corrected chi connectivity index (χ1v) is 9.16. The standard InChI is InChI=1S/C21H18N2O7/c1-26-13-5-3-11(9-15(13)27-2)18-17-19(30-22-18)21(25)23(20(17)24)12-4-6-14-16(10-12)29-8-7-28-14/h3-6,9-10,24-25H,7-8H2,1-2H3. The lowest BCUT2D eigenvalue weighted by molar-refractivity contribution is 0.171. The molecule has 0 radical (unpaired) electrons. The molecule has 0 saturated carbocycles. The summed E-state index contributed by atoms with van der Waals surface area (Å²) in [4.78, 5) is 0. The number of hydrogen-bond donors (Lipinski definition) is 2. The highest BCUT2D eigenvalue weighted by Crippen LogP contribution is 2.46. The molecule has 5 rings (SSSR count). The topological polar surface area (TPSA) is 108 Å². The van der Waals surface area contributed by atoms with E-state index in [1.54, 1.807) is 43.5 Å². The van der Waals surface area contributed by atoms with E-state index < -0.39 is 0 Å². The third-order valence-electron chi connectivity index (χ3n) is 4.98. The van der Waals surface area contributed by atoms with Crippen LogP contribution in [-0.4, -0.2) is 47.4 Å². The number of nitrogens with zero attached hydrogens (tertiary/aromatic N) is 2. The Labute approximate surface area is 170 Å². The number of ether oxygens (including phenoxy) is 4. The minimum Gasteiger partial charge on any atom is -0.494 e. The van der Waals surface area contributed by atoms with Crippen molar-refractivity contribution < 1.29 is 33.7 Å². The summed E-state index contributed by atoms with van der Waals surface area (Å²) in [5.74, 6) is 1.69. The van der Waals surface area contributed by atoms with Gasteiger partial charge in [-0.3, -0.25) is 0 Å². The Hall–Kier alpha value is -4.01. The summed E-state index contributed by atoms with van der Waals surface area (Å²) in [5.41, 5.74) is 1.53. The Balaban J connectivity index is 1.66. The number of fused-ring (bicyclic) bond motifs is 2. The van der Waals surface area contributed by atoms with Gasteiger partial charge in [-0.2, -0.15) is 0 Å². The second kappa shape index (κ2) is 6.80. The zero-order valence-electron chi connectivity index (χ0n) is 16.2. The van der Waals surface area contributed by atoms with Crippen LogP contribution in [0, 0.1) is 0 Å². The van der Waals surface area contributed by atoms with Gasteiger partial charge in [-0.25, -0.2) is 4.57 Å². The van der Waals surface area contributed by atoms with Gasteiger partial charge < -0.3 is 33.7 Å². The van der Waals surface area contributed by atoms with Gasteiger partial charge in [0, 0.05) is 11.6 Å². The summed E-state index contributed by atoms with van der Waals surface area (Å²) in [6.45, 7) is 0.898. The molecule has 9 nitrogen and oxygen atoms in total. The fourth-order valence-electron chi connectivity index (χ4n) is 3.56. The van der Waals surface area contributed by atoms with Crippen molar-refractivity contribution in [1.82, 2.24) is 9.72 Å². The summed E-state index contributed by atoms with van der Waals surface area (Å²) < 4.78 is 28.3. The minimum absolute atomic E-state index is 0.0622. The van der Waals surface area contributed by atoms with Crippen LogP contribution in [0.15, 0.2) is 40.9 Å². The monoisotopic (exact) mass is 410 g/mol. The second-order valence-corrected chi connectivity index (χ2v) is 6.62. The average molecular weight is 410 g/mol. The van der Waals surface area contributed by atoms with Crippen LogP contribution in [0.1, 0.15) is 0 Å². The highest BCUT2D eigenvalue weighted by molar-refractivity contribution is 6.00. The smallest absolute Gasteiger partial charge is 0.246 e. The molecule has 0 fully saturated rings. The Bertz CT molecular complexity index is 1260. The fraction of sp³-hybridized carbons (Fsp3) is 0.190. The van der Waals surface area contributed by atoms with Crippen LogP contribution in [0.3, 0.4) is 0 Å². The quantitative estimate of drug-likeness (QED) is 0.526. The number of rotatable bonds is 4. The van der Waals surface area contributed by atoms with E-state index in [0.717, 1.165) is 0 Å². The number of hydrogen-bond acceptors (Lipinski definition) is 8. The maximum absolute atomic E-state index is 11.0. The Kier molecular flexibility index (Phi) is 4.09. The normalized spacial score (nSPS) is 12.9. The highest BCUT2D eigenvalue weighted by Gasteiger charge is 2.27. The number of benzene rings is 2.